The summed E-state index contributed by atoms with van der Waals surface area (Å²) >= 11 is 0. The first-order valence-corrected chi connectivity index (χ1v) is 7.12. The van der Waals surface area contributed by atoms with Gasteiger partial charge in [0.05, 0.1) is 16.9 Å². The van der Waals surface area contributed by atoms with Crippen LogP contribution in [0.4, 0.5) is 5.69 Å². The molecule has 2 rings (SSSR count). The largest absolute Gasteiger partial charge is 0.481 e. The van der Waals surface area contributed by atoms with Gasteiger partial charge in [0.15, 0.2) is 0 Å². The highest BCUT2D eigenvalue weighted by Gasteiger charge is 2.37. The first-order chi connectivity index (χ1) is 10.3. The van der Waals surface area contributed by atoms with Crippen molar-refractivity contribution >= 4 is 17.6 Å². The number of amides is 1. The van der Waals surface area contributed by atoms with Crippen molar-refractivity contribution in [3.63, 3.8) is 0 Å². The van der Waals surface area contributed by atoms with Crippen LogP contribution in [-0.2, 0) is 4.79 Å². The zero-order chi connectivity index (χ0) is 16.3. The zero-order valence-electron chi connectivity index (χ0n) is 12.3. The fraction of sp³-hybridized carbons (Fsp3) is 0.467. The molecule has 7 nitrogen and oxygen atoms in total. The highest BCUT2D eigenvalue weighted by atomic mass is 16.6. The maximum absolute atomic E-state index is 12.4. The van der Waals surface area contributed by atoms with Gasteiger partial charge in [0, 0.05) is 17.7 Å². The molecule has 0 unspecified atom stereocenters. The fourth-order valence-corrected chi connectivity index (χ4v) is 3.00. The Hall–Kier alpha value is -2.44. The van der Waals surface area contributed by atoms with E-state index >= 15 is 0 Å². The molecule has 0 aliphatic heterocycles. The second kappa shape index (κ2) is 6.13. The summed E-state index contributed by atoms with van der Waals surface area (Å²) in [5.74, 6) is -1.42. The number of non-ortho nitro benzene ring substituents is 1. The van der Waals surface area contributed by atoms with E-state index in [0.29, 0.717) is 18.4 Å². The number of rotatable bonds is 5. The Kier molecular flexibility index (Phi) is 4.44. The SMILES string of the molecule is Cc1cc(C(=O)NC2(CC(=O)O)CCCC2)cc([N+](=O)[O-])c1. The van der Waals surface area contributed by atoms with Crippen molar-refractivity contribution in [1.82, 2.24) is 5.32 Å². The van der Waals surface area contributed by atoms with Gasteiger partial charge >= 0.3 is 5.97 Å². The van der Waals surface area contributed by atoms with Crippen LogP contribution in [0.5, 0.6) is 0 Å². The van der Waals surface area contributed by atoms with E-state index < -0.39 is 22.3 Å². The summed E-state index contributed by atoms with van der Waals surface area (Å²) in [4.78, 5) is 33.8. The summed E-state index contributed by atoms with van der Waals surface area (Å²) in [6.07, 6.45) is 2.81. The van der Waals surface area contributed by atoms with Crippen molar-refractivity contribution in [1.29, 1.82) is 0 Å². The average Bonchev–Trinajstić information content (AvgIpc) is 2.85. The quantitative estimate of drug-likeness (QED) is 0.641. The van der Waals surface area contributed by atoms with Gasteiger partial charge in [0.2, 0.25) is 0 Å². The van der Waals surface area contributed by atoms with Crippen molar-refractivity contribution < 1.29 is 19.6 Å². The highest BCUT2D eigenvalue weighted by molar-refractivity contribution is 5.95. The lowest BCUT2D eigenvalue weighted by Gasteiger charge is -2.28. The number of nitro groups is 1. The van der Waals surface area contributed by atoms with E-state index in [0.717, 1.165) is 12.8 Å². The van der Waals surface area contributed by atoms with Gasteiger partial charge in [-0.15, -0.1) is 0 Å². The van der Waals surface area contributed by atoms with E-state index in [1.807, 2.05) is 0 Å². The van der Waals surface area contributed by atoms with Crippen LogP contribution in [0.2, 0.25) is 0 Å². The zero-order valence-corrected chi connectivity index (χ0v) is 12.3. The maximum Gasteiger partial charge on any atom is 0.305 e. The second-order valence-electron chi connectivity index (χ2n) is 5.83. The van der Waals surface area contributed by atoms with E-state index in [1.165, 1.54) is 12.1 Å². The third-order valence-corrected chi connectivity index (χ3v) is 3.96. The van der Waals surface area contributed by atoms with Gasteiger partial charge in [-0.1, -0.05) is 12.8 Å². The third kappa shape index (κ3) is 3.60. The first-order valence-electron chi connectivity index (χ1n) is 7.12. The number of nitro benzene ring substituents is 1. The van der Waals surface area contributed by atoms with Crippen LogP contribution in [0, 0.1) is 17.0 Å². The molecule has 1 aliphatic rings. The number of hydrogen-bond donors (Lipinski definition) is 2. The number of nitrogens with zero attached hydrogens (tertiary/aromatic N) is 1. The van der Waals surface area contributed by atoms with Crippen molar-refractivity contribution in [3.8, 4) is 0 Å². The molecule has 0 bridgehead atoms. The summed E-state index contributed by atoms with van der Waals surface area (Å²) in [6, 6.07) is 4.16. The van der Waals surface area contributed by atoms with Gasteiger partial charge in [-0.2, -0.15) is 0 Å². The van der Waals surface area contributed by atoms with Gasteiger partial charge in [0.25, 0.3) is 11.6 Å². The summed E-state index contributed by atoms with van der Waals surface area (Å²) < 4.78 is 0. The molecule has 0 aromatic heterocycles. The van der Waals surface area contributed by atoms with Crippen LogP contribution < -0.4 is 5.32 Å². The number of nitrogens with one attached hydrogen (secondary N) is 1. The predicted octanol–water partition coefficient (Wildman–Crippen LogP) is 2.42. The number of hydrogen-bond acceptors (Lipinski definition) is 4. The molecular weight excluding hydrogens is 288 g/mol. The lowest BCUT2D eigenvalue weighted by atomic mass is 9.92. The molecule has 1 fully saturated rings. The summed E-state index contributed by atoms with van der Waals surface area (Å²) in [6.45, 7) is 1.67. The van der Waals surface area contributed by atoms with E-state index in [2.05, 4.69) is 5.32 Å². The lowest BCUT2D eigenvalue weighted by Crippen LogP contribution is -2.47. The minimum atomic E-state index is -0.961. The summed E-state index contributed by atoms with van der Waals surface area (Å²) in [5.41, 5.74) is -0.105. The smallest absolute Gasteiger partial charge is 0.305 e. The van der Waals surface area contributed by atoms with Crippen LogP contribution in [0.1, 0.15) is 48.0 Å². The molecule has 118 valence electrons. The van der Waals surface area contributed by atoms with Crippen LogP contribution in [-0.4, -0.2) is 27.4 Å². The van der Waals surface area contributed by atoms with Crippen LogP contribution in [0.15, 0.2) is 18.2 Å². The Morgan fingerprint density at radius 3 is 2.50 bits per heavy atom. The molecule has 0 radical (unpaired) electrons. The second-order valence-corrected chi connectivity index (χ2v) is 5.83. The molecule has 2 N–H and O–H groups in total. The van der Waals surface area contributed by atoms with Crippen molar-refractivity contribution in [2.75, 3.05) is 0 Å². The Bertz CT molecular complexity index is 620. The van der Waals surface area contributed by atoms with Crippen molar-refractivity contribution in [3.05, 3.63) is 39.4 Å². The number of aliphatic carboxylic acids is 1. The molecule has 0 saturated heterocycles. The van der Waals surface area contributed by atoms with E-state index in [1.54, 1.807) is 13.0 Å². The Morgan fingerprint density at radius 2 is 1.95 bits per heavy atom. The summed E-state index contributed by atoms with van der Waals surface area (Å²) in [5, 5.41) is 22.7. The van der Waals surface area contributed by atoms with Gasteiger partial charge < -0.3 is 10.4 Å². The van der Waals surface area contributed by atoms with Crippen molar-refractivity contribution in [2.45, 2.75) is 44.6 Å². The van der Waals surface area contributed by atoms with Crippen LogP contribution in [0.3, 0.4) is 0 Å². The monoisotopic (exact) mass is 306 g/mol. The predicted molar refractivity (Wildman–Crippen MR) is 78.8 cm³/mol. The molecule has 1 amide bonds. The molecule has 0 heterocycles. The molecule has 1 aromatic rings. The Morgan fingerprint density at radius 1 is 1.32 bits per heavy atom. The normalized spacial score (nSPS) is 16.2. The lowest BCUT2D eigenvalue weighted by molar-refractivity contribution is -0.384. The van der Waals surface area contributed by atoms with E-state index in [9.17, 15) is 19.7 Å². The maximum atomic E-state index is 12.4. The highest BCUT2D eigenvalue weighted by Crippen LogP contribution is 2.33. The van der Waals surface area contributed by atoms with Crippen LogP contribution in [0.25, 0.3) is 0 Å². The Labute approximate surface area is 127 Å². The Balaban J connectivity index is 2.24. The molecule has 0 atom stereocenters. The minimum Gasteiger partial charge on any atom is -0.481 e. The fourth-order valence-electron chi connectivity index (χ4n) is 3.00. The molecule has 22 heavy (non-hydrogen) atoms. The topological polar surface area (TPSA) is 110 Å². The average molecular weight is 306 g/mol. The van der Waals surface area contributed by atoms with Gasteiger partial charge in [-0.05, 0) is 31.4 Å². The molecule has 1 aliphatic carbocycles. The number of carbonyl (C=O) groups is 2. The van der Waals surface area contributed by atoms with Gasteiger partial charge in [-0.3, -0.25) is 19.7 Å². The third-order valence-electron chi connectivity index (χ3n) is 3.96. The molecule has 1 saturated carbocycles. The number of carbonyl (C=O) groups excluding carboxylic acids is 1. The number of carboxylic acid groups (broad SMARTS) is 1. The molecule has 0 spiro atoms. The number of benzene rings is 1. The molecule has 7 heteroatoms. The van der Waals surface area contributed by atoms with Crippen LogP contribution >= 0.6 is 0 Å². The minimum absolute atomic E-state index is 0.132. The number of carboxylic acids is 1. The van der Waals surface area contributed by atoms with Crippen molar-refractivity contribution in [2.24, 2.45) is 0 Å². The molecular formula is C15H18N2O5. The van der Waals surface area contributed by atoms with E-state index in [-0.39, 0.29) is 17.7 Å². The molecule has 1 aromatic carbocycles. The van der Waals surface area contributed by atoms with Gasteiger partial charge in [0.1, 0.15) is 0 Å². The van der Waals surface area contributed by atoms with Gasteiger partial charge in [-0.25, -0.2) is 0 Å². The summed E-state index contributed by atoms with van der Waals surface area (Å²) in [7, 11) is 0. The standard InChI is InChI=1S/C15H18N2O5/c1-10-6-11(8-12(7-10)17(21)22)14(20)16-15(9-13(18)19)4-2-3-5-15/h6-8H,2-5,9H2,1H3,(H,16,20)(H,18,19). The first kappa shape index (κ1) is 15.9. The van der Waals surface area contributed by atoms with E-state index in [4.69, 9.17) is 5.11 Å². The number of aryl methyl sites for hydroxylation is 1.